The molecular formula is C15H15N3O6S. The number of amides is 2. The first kappa shape index (κ1) is 17.2. The minimum absolute atomic E-state index is 0.139. The zero-order valence-electron chi connectivity index (χ0n) is 13.3. The molecule has 2 heterocycles. The first-order valence-corrected chi connectivity index (χ1v) is 8.29. The molecule has 0 unspecified atom stereocenters. The lowest BCUT2D eigenvalue weighted by molar-refractivity contribution is -0.384. The van der Waals surface area contributed by atoms with Gasteiger partial charge in [0.25, 0.3) is 11.6 Å². The average Bonchev–Trinajstić information content (AvgIpc) is 2.80. The molecule has 132 valence electrons. The number of benzene rings is 1. The van der Waals surface area contributed by atoms with E-state index >= 15 is 0 Å². The first-order valence-electron chi connectivity index (χ1n) is 7.41. The summed E-state index contributed by atoms with van der Waals surface area (Å²) >= 11 is 1.33. The van der Waals surface area contributed by atoms with Gasteiger partial charge in [0.05, 0.1) is 4.92 Å². The number of nitro groups is 1. The fraction of sp³-hybridized carbons (Fsp3) is 0.400. The number of β-lactam (4-membered cyclic amide) rings is 1. The lowest BCUT2D eigenvalue weighted by atomic mass is 9.96. The van der Waals surface area contributed by atoms with Crippen LogP contribution in [0.25, 0.3) is 0 Å². The Kier molecular flexibility index (Phi) is 3.94. The summed E-state index contributed by atoms with van der Waals surface area (Å²) in [5.41, 5.74) is 0.0498. The van der Waals surface area contributed by atoms with Gasteiger partial charge in [0.2, 0.25) is 5.91 Å². The van der Waals surface area contributed by atoms with E-state index in [0.717, 1.165) is 0 Å². The van der Waals surface area contributed by atoms with E-state index in [1.165, 1.54) is 40.9 Å². The van der Waals surface area contributed by atoms with E-state index in [-0.39, 0.29) is 11.3 Å². The van der Waals surface area contributed by atoms with Crippen molar-refractivity contribution < 1.29 is 24.4 Å². The maximum atomic E-state index is 12.3. The van der Waals surface area contributed by atoms with Gasteiger partial charge in [-0.1, -0.05) is 0 Å². The molecule has 0 spiro atoms. The van der Waals surface area contributed by atoms with Crippen molar-refractivity contribution in [3.8, 4) is 0 Å². The van der Waals surface area contributed by atoms with Crippen LogP contribution < -0.4 is 5.32 Å². The van der Waals surface area contributed by atoms with E-state index in [1.54, 1.807) is 13.8 Å². The number of nitrogens with one attached hydrogen (secondary N) is 1. The third-order valence-electron chi connectivity index (χ3n) is 4.30. The molecule has 3 rings (SSSR count). The normalized spacial score (nSPS) is 26.6. The third-order valence-corrected chi connectivity index (χ3v) is 5.87. The summed E-state index contributed by atoms with van der Waals surface area (Å²) in [7, 11) is 0. The molecule has 2 fully saturated rings. The Balaban J connectivity index is 1.73. The van der Waals surface area contributed by atoms with Crippen molar-refractivity contribution in [3.63, 3.8) is 0 Å². The molecule has 9 nitrogen and oxygen atoms in total. The average molecular weight is 365 g/mol. The summed E-state index contributed by atoms with van der Waals surface area (Å²) in [6, 6.07) is 3.27. The maximum absolute atomic E-state index is 12.3. The zero-order chi connectivity index (χ0) is 18.5. The second kappa shape index (κ2) is 5.73. The number of carbonyl (C=O) groups excluding carboxylic acids is 2. The Hall–Kier alpha value is -2.62. The molecule has 2 aliphatic heterocycles. The highest BCUT2D eigenvalue weighted by Crippen LogP contribution is 2.50. The summed E-state index contributed by atoms with van der Waals surface area (Å²) in [5, 5.41) is 22.1. The van der Waals surface area contributed by atoms with Gasteiger partial charge < -0.3 is 15.3 Å². The van der Waals surface area contributed by atoms with Gasteiger partial charge in [-0.15, -0.1) is 11.8 Å². The van der Waals surface area contributed by atoms with Gasteiger partial charge in [0.1, 0.15) is 17.5 Å². The standard InChI is InChI=1S/C15H15N3O6S/c1-15(2)10(14(21)22)17-12(20)9(13(17)25-15)16-11(19)7-3-5-8(6-4-7)18(23)24/h3-6,9-10,13H,1-2H3,(H,16,19)(H,21,22)/t9-,10+,13-/m1/s1. The summed E-state index contributed by atoms with van der Waals surface area (Å²) in [5.74, 6) is -2.05. The molecule has 25 heavy (non-hydrogen) atoms. The second-order valence-electron chi connectivity index (χ2n) is 6.35. The number of carbonyl (C=O) groups is 3. The van der Waals surface area contributed by atoms with Crippen molar-refractivity contribution in [2.75, 3.05) is 0 Å². The van der Waals surface area contributed by atoms with Crippen molar-refractivity contribution in [2.45, 2.75) is 36.1 Å². The largest absolute Gasteiger partial charge is 0.480 e. The van der Waals surface area contributed by atoms with Gasteiger partial charge in [0.15, 0.2) is 0 Å². The van der Waals surface area contributed by atoms with E-state index in [2.05, 4.69) is 5.32 Å². The van der Waals surface area contributed by atoms with Crippen molar-refractivity contribution in [1.29, 1.82) is 0 Å². The molecule has 3 atom stereocenters. The van der Waals surface area contributed by atoms with Gasteiger partial charge in [-0.05, 0) is 26.0 Å². The Bertz CT molecular complexity index is 778. The number of hydrogen-bond acceptors (Lipinski definition) is 6. The fourth-order valence-electron chi connectivity index (χ4n) is 3.10. The van der Waals surface area contributed by atoms with Crippen LogP contribution in [0.15, 0.2) is 24.3 Å². The quantitative estimate of drug-likeness (QED) is 0.459. The number of hydrogen-bond donors (Lipinski definition) is 2. The molecule has 0 bridgehead atoms. The highest BCUT2D eigenvalue weighted by molar-refractivity contribution is 8.01. The van der Waals surface area contributed by atoms with Crippen LogP contribution >= 0.6 is 11.8 Å². The first-order chi connectivity index (χ1) is 11.6. The molecule has 0 aromatic heterocycles. The summed E-state index contributed by atoms with van der Waals surface area (Å²) in [6.45, 7) is 3.49. The number of thioether (sulfide) groups is 1. The molecule has 2 N–H and O–H groups in total. The van der Waals surface area contributed by atoms with Crippen LogP contribution in [0.3, 0.4) is 0 Å². The van der Waals surface area contributed by atoms with Crippen LogP contribution in [0, 0.1) is 10.1 Å². The Labute approximate surface area is 146 Å². The molecule has 2 amide bonds. The van der Waals surface area contributed by atoms with Gasteiger partial charge in [-0.25, -0.2) is 4.79 Å². The van der Waals surface area contributed by atoms with Crippen LogP contribution in [-0.2, 0) is 9.59 Å². The van der Waals surface area contributed by atoms with E-state index in [1.807, 2.05) is 0 Å². The van der Waals surface area contributed by atoms with E-state index in [9.17, 15) is 29.6 Å². The highest BCUT2D eigenvalue weighted by Gasteiger charge is 2.64. The van der Waals surface area contributed by atoms with Gasteiger partial charge in [-0.2, -0.15) is 0 Å². The fourth-order valence-corrected chi connectivity index (χ4v) is 4.73. The maximum Gasteiger partial charge on any atom is 0.327 e. The highest BCUT2D eigenvalue weighted by atomic mass is 32.2. The molecule has 2 aliphatic rings. The van der Waals surface area contributed by atoms with Crippen molar-refractivity contribution >= 4 is 35.2 Å². The SMILES string of the molecule is CC1(C)S[C@@H]2[C@H](NC(=O)c3ccc([N+](=O)[O-])cc3)C(=O)N2[C@H]1C(=O)O. The molecule has 1 aromatic rings. The van der Waals surface area contributed by atoms with Crippen molar-refractivity contribution in [3.05, 3.63) is 39.9 Å². The molecule has 0 aliphatic carbocycles. The van der Waals surface area contributed by atoms with Gasteiger partial charge in [-0.3, -0.25) is 19.7 Å². The van der Waals surface area contributed by atoms with Crippen LogP contribution in [-0.4, -0.2) is 54.9 Å². The summed E-state index contributed by atoms with van der Waals surface area (Å²) in [4.78, 5) is 47.4. The number of non-ortho nitro benzene ring substituents is 1. The predicted octanol–water partition coefficient (Wildman–Crippen LogP) is 0.840. The van der Waals surface area contributed by atoms with Gasteiger partial charge in [0, 0.05) is 22.4 Å². The van der Waals surface area contributed by atoms with E-state index in [4.69, 9.17) is 0 Å². The number of carboxylic acid groups (broad SMARTS) is 1. The summed E-state index contributed by atoms with van der Waals surface area (Å²) < 4.78 is -0.668. The lowest BCUT2D eigenvalue weighted by Crippen LogP contribution is -2.70. The molecular weight excluding hydrogens is 350 g/mol. The Morgan fingerprint density at radius 1 is 1.32 bits per heavy atom. The Morgan fingerprint density at radius 3 is 2.44 bits per heavy atom. The summed E-state index contributed by atoms with van der Waals surface area (Å²) in [6.07, 6.45) is 0. The van der Waals surface area contributed by atoms with Crippen molar-refractivity contribution in [1.82, 2.24) is 10.2 Å². The number of carboxylic acids is 1. The van der Waals surface area contributed by atoms with E-state index in [0.29, 0.717) is 0 Å². The van der Waals surface area contributed by atoms with Crippen LogP contribution in [0.4, 0.5) is 5.69 Å². The molecule has 0 saturated carbocycles. The molecule has 0 radical (unpaired) electrons. The number of fused-ring (bicyclic) bond motifs is 1. The minimum atomic E-state index is -1.08. The topological polar surface area (TPSA) is 130 Å². The van der Waals surface area contributed by atoms with Crippen LogP contribution in [0.5, 0.6) is 0 Å². The smallest absolute Gasteiger partial charge is 0.327 e. The lowest BCUT2D eigenvalue weighted by Gasteiger charge is -2.43. The van der Waals surface area contributed by atoms with Crippen LogP contribution in [0.1, 0.15) is 24.2 Å². The Morgan fingerprint density at radius 2 is 1.92 bits per heavy atom. The molecule has 1 aromatic carbocycles. The zero-order valence-corrected chi connectivity index (χ0v) is 14.1. The van der Waals surface area contributed by atoms with Crippen molar-refractivity contribution in [2.24, 2.45) is 0 Å². The third kappa shape index (κ3) is 2.72. The van der Waals surface area contributed by atoms with E-state index < -0.39 is 44.9 Å². The van der Waals surface area contributed by atoms with Gasteiger partial charge >= 0.3 is 5.97 Å². The number of rotatable bonds is 4. The minimum Gasteiger partial charge on any atom is -0.480 e. The molecule has 10 heteroatoms. The van der Waals surface area contributed by atoms with Crippen LogP contribution in [0.2, 0.25) is 0 Å². The number of nitro benzene ring substituents is 1. The predicted molar refractivity (Wildman–Crippen MR) is 88.1 cm³/mol. The number of nitrogens with zero attached hydrogens (tertiary/aromatic N) is 2. The second-order valence-corrected chi connectivity index (χ2v) is 8.12. The number of aliphatic carboxylic acids is 1. The monoisotopic (exact) mass is 365 g/mol. The molecule has 2 saturated heterocycles.